The Kier molecular flexibility index (Phi) is 6.32. The fourth-order valence-corrected chi connectivity index (χ4v) is 4.69. The monoisotopic (exact) mass is 491 g/mol. The van der Waals surface area contributed by atoms with Crippen LogP contribution in [-0.4, -0.2) is 28.9 Å². The summed E-state index contributed by atoms with van der Waals surface area (Å²) in [5.74, 6) is -2.36. The summed E-state index contributed by atoms with van der Waals surface area (Å²) in [6.07, 6.45) is -0.310. The molecule has 37 heavy (non-hydrogen) atoms. The molecule has 1 atom stereocenters. The number of ketones is 1. The van der Waals surface area contributed by atoms with Crippen LogP contribution in [0, 0.1) is 0 Å². The van der Waals surface area contributed by atoms with Gasteiger partial charge in [0.1, 0.15) is 5.76 Å². The van der Waals surface area contributed by atoms with Gasteiger partial charge in [-0.05, 0) is 48.4 Å². The Labute approximate surface area is 214 Å². The van der Waals surface area contributed by atoms with Crippen LogP contribution < -0.4 is 4.90 Å². The third-order valence-corrected chi connectivity index (χ3v) is 6.31. The first-order valence-electron chi connectivity index (χ1n) is 12.0. The molecule has 0 saturated carbocycles. The van der Waals surface area contributed by atoms with Crippen LogP contribution in [-0.2, 0) is 14.3 Å². The number of benzene rings is 4. The molecule has 1 aliphatic rings. The molecule has 184 valence electrons. The van der Waals surface area contributed by atoms with Gasteiger partial charge in [0.05, 0.1) is 23.3 Å². The zero-order valence-electron chi connectivity index (χ0n) is 20.4. The van der Waals surface area contributed by atoms with Crippen molar-refractivity contribution in [2.75, 3.05) is 4.90 Å². The minimum atomic E-state index is -0.892. The maximum Gasteiger partial charge on any atom is 0.338 e. The van der Waals surface area contributed by atoms with E-state index in [4.69, 9.17) is 4.74 Å². The van der Waals surface area contributed by atoms with Gasteiger partial charge >= 0.3 is 5.97 Å². The molecule has 0 spiro atoms. The summed E-state index contributed by atoms with van der Waals surface area (Å²) in [6, 6.07) is 27.6. The largest absolute Gasteiger partial charge is 0.507 e. The number of fused-ring (bicyclic) bond motifs is 1. The van der Waals surface area contributed by atoms with Gasteiger partial charge in [0.15, 0.2) is 0 Å². The topological polar surface area (TPSA) is 83.9 Å². The molecule has 1 heterocycles. The average Bonchev–Trinajstić information content (AvgIpc) is 3.18. The van der Waals surface area contributed by atoms with E-state index in [1.54, 1.807) is 56.3 Å². The Morgan fingerprint density at radius 3 is 2.30 bits per heavy atom. The zero-order valence-corrected chi connectivity index (χ0v) is 20.4. The molecule has 0 bridgehead atoms. The van der Waals surface area contributed by atoms with Gasteiger partial charge in [0.25, 0.3) is 11.7 Å². The SMILES string of the molecule is CC(C)OC(=O)c1cccc(N2C(=O)C(=O)/C(=C(\O)c3cccc4ccccc34)C2c2ccccc2)c1. The van der Waals surface area contributed by atoms with E-state index in [-0.39, 0.29) is 23.0 Å². The molecule has 1 unspecified atom stereocenters. The Hall–Kier alpha value is -4.71. The smallest absolute Gasteiger partial charge is 0.338 e. The highest BCUT2D eigenvalue weighted by Gasteiger charge is 2.47. The van der Waals surface area contributed by atoms with E-state index in [0.717, 1.165) is 10.8 Å². The summed E-state index contributed by atoms with van der Waals surface area (Å²) in [4.78, 5) is 40.9. The highest BCUT2D eigenvalue weighted by Crippen LogP contribution is 2.43. The van der Waals surface area contributed by atoms with Crippen molar-refractivity contribution in [1.82, 2.24) is 0 Å². The van der Waals surface area contributed by atoms with Crippen molar-refractivity contribution in [3.8, 4) is 0 Å². The van der Waals surface area contributed by atoms with Gasteiger partial charge in [-0.1, -0.05) is 78.9 Å². The summed E-state index contributed by atoms with van der Waals surface area (Å²) >= 11 is 0. The van der Waals surface area contributed by atoms with Crippen LogP contribution in [0.2, 0.25) is 0 Å². The molecule has 1 amide bonds. The fourth-order valence-electron chi connectivity index (χ4n) is 4.69. The normalized spacial score (nSPS) is 16.9. The molecule has 4 aromatic carbocycles. The van der Waals surface area contributed by atoms with Crippen LogP contribution in [0.3, 0.4) is 0 Å². The quantitative estimate of drug-likeness (QED) is 0.159. The van der Waals surface area contributed by atoms with Crippen molar-refractivity contribution in [2.45, 2.75) is 26.0 Å². The molecule has 1 saturated heterocycles. The Morgan fingerprint density at radius 2 is 1.54 bits per heavy atom. The van der Waals surface area contributed by atoms with E-state index in [9.17, 15) is 19.5 Å². The summed E-state index contributed by atoms with van der Waals surface area (Å²) in [6.45, 7) is 3.51. The number of carbonyl (C=O) groups excluding carboxylic acids is 3. The molecule has 6 heteroatoms. The number of rotatable bonds is 5. The highest BCUT2D eigenvalue weighted by atomic mass is 16.5. The number of hydrogen-bond donors (Lipinski definition) is 1. The Balaban J connectivity index is 1.70. The van der Waals surface area contributed by atoms with E-state index < -0.39 is 23.7 Å². The van der Waals surface area contributed by atoms with Gasteiger partial charge in [-0.25, -0.2) is 4.79 Å². The van der Waals surface area contributed by atoms with Crippen LogP contribution in [0.25, 0.3) is 16.5 Å². The number of aliphatic hydroxyl groups is 1. The molecule has 0 aromatic heterocycles. The number of ether oxygens (including phenoxy) is 1. The number of anilines is 1. The summed E-state index contributed by atoms with van der Waals surface area (Å²) in [5, 5.41) is 13.2. The third kappa shape index (κ3) is 4.38. The number of amides is 1. The first-order chi connectivity index (χ1) is 17.9. The van der Waals surface area contributed by atoms with Crippen molar-refractivity contribution in [1.29, 1.82) is 0 Å². The average molecular weight is 492 g/mol. The second-order valence-corrected chi connectivity index (χ2v) is 9.11. The maximum absolute atomic E-state index is 13.5. The number of carbonyl (C=O) groups is 3. The Bertz CT molecular complexity index is 1550. The standard InChI is InChI=1S/C31H25NO5/c1-19(2)37-31(36)22-14-8-15-23(18-22)32-27(21-11-4-3-5-12-21)26(29(34)30(32)35)28(33)25-17-9-13-20-10-6-7-16-24(20)25/h3-19,27,33H,1-2H3/b28-26-. The van der Waals surface area contributed by atoms with E-state index in [1.807, 2.05) is 48.5 Å². The second kappa shape index (κ2) is 9.74. The minimum Gasteiger partial charge on any atom is -0.507 e. The molecule has 0 aliphatic carbocycles. The van der Waals surface area contributed by atoms with Gasteiger partial charge in [0, 0.05) is 11.3 Å². The second-order valence-electron chi connectivity index (χ2n) is 9.11. The molecule has 1 fully saturated rings. The number of aliphatic hydroxyl groups excluding tert-OH is 1. The zero-order chi connectivity index (χ0) is 26.1. The molecule has 6 nitrogen and oxygen atoms in total. The number of hydrogen-bond acceptors (Lipinski definition) is 5. The molecule has 5 rings (SSSR count). The van der Waals surface area contributed by atoms with Crippen LogP contribution in [0.15, 0.2) is 103 Å². The van der Waals surface area contributed by atoms with E-state index in [2.05, 4.69) is 0 Å². The number of nitrogens with zero attached hydrogens (tertiary/aromatic N) is 1. The number of esters is 1. The van der Waals surface area contributed by atoms with Crippen LogP contribution in [0.1, 0.15) is 41.4 Å². The van der Waals surface area contributed by atoms with Crippen molar-refractivity contribution in [3.05, 3.63) is 119 Å². The van der Waals surface area contributed by atoms with Crippen LogP contribution in [0.4, 0.5) is 5.69 Å². The molecule has 1 aliphatic heterocycles. The molecule has 0 radical (unpaired) electrons. The van der Waals surface area contributed by atoms with E-state index in [0.29, 0.717) is 16.8 Å². The van der Waals surface area contributed by atoms with Crippen molar-refractivity contribution >= 4 is 39.9 Å². The van der Waals surface area contributed by atoms with E-state index in [1.165, 1.54) is 11.0 Å². The van der Waals surface area contributed by atoms with Crippen LogP contribution in [0.5, 0.6) is 0 Å². The lowest BCUT2D eigenvalue weighted by Crippen LogP contribution is -2.29. The van der Waals surface area contributed by atoms with Gasteiger partial charge in [-0.3, -0.25) is 14.5 Å². The van der Waals surface area contributed by atoms with Gasteiger partial charge < -0.3 is 9.84 Å². The van der Waals surface area contributed by atoms with Gasteiger partial charge in [-0.2, -0.15) is 0 Å². The lowest BCUT2D eigenvalue weighted by molar-refractivity contribution is -0.132. The molecular formula is C31H25NO5. The third-order valence-electron chi connectivity index (χ3n) is 6.31. The lowest BCUT2D eigenvalue weighted by atomic mass is 9.93. The maximum atomic E-state index is 13.5. The highest BCUT2D eigenvalue weighted by molar-refractivity contribution is 6.51. The molecule has 4 aromatic rings. The molecular weight excluding hydrogens is 466 g/mol. The van der Waals surface area contributed by atoms with Crippen molar-refractivity contribution in [2.24, 2.45) is 0 Å². The first-order valence-corrected chi connectivity index (χ1v) is 12.0. The Morgan fingerprint density at radius 1 is 0.865 bits per heavy atom. The van der Waals surface area contributed by atoms with Crippen molar-refractivity contribution < 1.29 is 24.2 Å². The minimum absolute atomic E-state index is 0.0114. The van der Waals surface area contributed by atoms with Crippen LogP contribution >= 0.6 is 0 Å². The summed E-state index contributed by atoms with van der Waals surface area (Å²) in [5.41, 5.74) is 1.72. The first kappa shape index (κ1) is 24.0. The molecule has 1 N–H and O–H groups in total. The van der Waals surface area contributed by atoms with Crippen molar-refractivity contribution in [3.63, 3.8) is 0 Å². The fraction of sp³-hybridized carbons (Fsp3) is 0.129. The van der Waals surface area contributed by atoms with Gasteiger partial charge in [0.2, 0.25) is 0 Å². The summed E-state index contributed by atoms with van der Waals surface area (Å²) < 4.78 is 5.31. The predicted molar refractivity (Wildman–Crippen MR) is 142 cm³/mol. The number of Topliss-reactive ketones (excluding diaryl/α,β-unsaturated/α-hetero) is 1. The predicted octanol–water partition coefficient (Wildman–Crippen LogP) is 6.03. The summed E-state index contributed by atoms with van der Waals surface area (Å²) in [7, 11) is 0. The van der Waals surface area contributed by atoms with E-state index >= 15 is 0 Å². The lowest BCUT2D eigenvalue weighted by Gasteiger charge is -2.26. The van der Waals surface area contributed by atoms with Gasteiger partial charge in [-0.15, -0.1) is 0 Å².